The van der Waals surface area contributed by atoms with E-state index in [9.17, 15) is 4.79 Å². The fourth-order valence-electron chi connectivity index (χ4n) is 2.54. The Morgan fingerprint density at radius 3 is 2.86 bits per heavy atom. The van der Waals surface area contributed by atoms with E-state index in [1.54, 1.807) is 6.07 Å². The predicted molar refractivity (Wildman–Crippen MR) is 80.7 cm³/mol. The highest BCUT2D eigenvalue weighted by Gasteiger charge is 2.20. The van der Waals surface area contributed by atoms with Crippen molar-refractivity contribution < 1.29 is 14.3 Å². The van der Waals surface area contributed by atoms with Gasteiger partial charge in [-0.2, -0.15) is 0 Å². The van der Waals surface area contributed by atoms with E-state index in [0.29, 0.717) is 18.8 Å². The summed E-state index contributed by atoms with van der Waals surface area (Å²) in [5.74, 6) is 0.875. The van der Waals surface area contributed by atoms with Gasteiger partial charge >= 0.3 is 0 Å². The van der Waals surface area contributed by atoms with Crippen LogP contribution in [0.1, 0.15) is 27.9 Å². The first kappa shape index (κ1) is 13.8. The van der Waals surface area contributed by atoms with Gasteiger partial charge in [-0.05, 0) is 42.2 Å². The molecule has 0 fully saturated rings. The molecular weight excluding hydrogens is 264 g/mol. The predicted octanol–water partition coefficient (Wildman–Crippen LogP) is 3.41. The van der Waals surface area contributed by atoms with Gasteiger partial charge in [0.2, 0.25) is 0 Å². The van der Waals surface area contributed by atoms with Gasteiger partial charge in [0, 0.05) is 5.56 Å². The highest BCUT2D eigenvalue weighted by atomic mass is 16.5. The monoisotopic (exact) mass is 282 g/mol. The van der Waals surface area contributed by atoms with Crippen molar-refractivity contribution >= 4 is 6.29 Å². The van der Waals surface area contributed by atoms with Crippen molar-refractivity contribution in [1.82, 2.24) is 0 Å². The molecule has 1 unspecified atom stereocenters. The second kappa shape index (κ2) is 6.55. The van der Waals surface area contributed by atoms with Gasteiger partial charge < -0.3 is 9.47 Å². The zero-order valence-corrected chi connectivity index (χ0v) is 11.8. The van der Waals surface area contributed by atoms with Crippen LogP contribution in [0, 0.1) is 0 Å². The van der Waals surface area contributed by atoms with Gasteiger partial charge in [-0.1, -0.05) is 30.3 Å². The van der Waals surface area contributed by atoms with Crippen LogP contribution in [0.3, 0.4) is 0 Å². The molecule has 0 radical (unpaired) electrons. The lowest BCUT2D eigenvalue weighted by molar-refractivity contribution is 0.0316. The summed E-state index contributed by atoms with van der Waals surface area (Å²) in [7, 11) is 0. The maximum absolute atomic E-state index is 10.8. The molecule has 3 heteroatoms. The SMILES string of the molecule is O=Cc1ccc2c(c1)CCC(COCc1ccccc1)O2. The minimum atomic E-state index is 0.0864. The van der Waals surface area contributed by atoms with Crippen LogP contribution in [0.4, 0.5) is 0 Å². The molecule has 0 saturated carbocycles. The Kier molecular flexibility index (Phi) is 4.31. The topological polar surface area (TPSA) is 35.5 Å². The minimum absolute atomic E-state index is 0.0864. The molecule has 1 aliphatic heterocycles. The first-order chi connectivity index (χ1) is 10.3. The first-order valence-corrected chi connectivity index (χ1v) is 7.21. The van der Waals surface area contributed by atoms with Crippen LogP contribution in [0.2, 0.25) is 0 Å². The van der Waals surface area contributed by atoms with Crippen molar-refractivity contribution in [3.05, 3.63) is 65.2 Å². The number of aryl methyl sites for hydroxylation is 1. The summed E-state index contributed by atoms with van der Waals surface area (Å²) in [6.07, 6.45) is 2.80. The summed E-state index contributed by atoms with van der Waals surface area (Å²) in [6, 6.07) is 15.7. The normalized spacial score (nSPS) is 16.9. The molecule has 1 atom stereocenters. The van der Waals surface area contributed by atoms with E-state index in [1.807, 2.05) is 30.3 Å². The molecule has 0 aromatic heterocycles. The van der Waals surface area contributed by atoms with E-state index >= 15 is 0 Å². The number of carbonyl (C=O) groups excluding carboxylic acids is 1. The minimum Gasteiger partial charge on any atom is -0.488 e. The van der Waals surface area contributed by atoms with E-state index < -0.39 is 0 Å². The van der Waals surface area contributed by atoms with Crippen molar-refractivity contribution in [1.29, 1.82) is 0 Å². The molecule has 0 amide bonds. The van der Waals surface area contributed by atoms with Crippen molar-refractivity contribution in [3.8, 4) is 5.75 Å². The van der Waals surface area contributed by atoms with Crippen molar-refractivity contribution in [2.45, 2.75) is 25.6 Å². The van der Waals surface area contributed by atoms with E-state index in [-0.39, 0.29) is 6.10 Å². The maximum atomic E-state index is 10.8. The second-order valence-electron chi connectivity index (χ2n) is 5.26. The van der Waals surface area contributed by atoms with E-state index in [1.165, 1.54) is 5.56 Å². The third-order valence-corrected chi connectivity index (χ3v) is 3.67. The van der Waals surface area contributed by atoms with Gasteiger partial charge in [0.1, 0.15) is 18.1 Å². The lowest BCUT2D eigenvalue weighted by Crippen LogP contribution is -2.27. The smallest absolute Gasteiger partial charge is 0.150 e. The van der Waals surface area contributed by atoms with Gasteiger partial charge in [-0.15, -0.1) is 0 Å². The Morgan fingerprint density at radius 2 is 2.05 bits per heavy atom. The summed E-state index contributed by atoms with van der Waals surface area (Å²) >= 11 is 0. The molecule has 0 aliphatic carbocycles. The van der Waals surface area contributed by atoms with E-state index in [0.717, 1.165) is 30.4 Å². The molecule has 0 N–H and O–H groups in total. The summed E-state index contributed by atoms with van der Waals surface area (Å²) in [5, 5.41) is 0. The number of rotatable bonds is 5. The number of aldehydes is 1. The zero-order valence-electron chi connectivity index (χ0n) is 11.8. The van der Waals surface area contributed by atoms with Gasteiger partial charge in [0.15, 0.2) is 0 Å². The zero-order chi connectivity index (χ0) is 14.5. The molecule has 1 heterocycles. The second-order valence-corrected chi connectivity index (χ2v) is 5.26. The van der Waals surface area contributed by atoms with Crippen LogP contribution in [0.25, 0.3) is 0 Å². The first-order valence-electron chi connectivity index (χ1n) is 7.21. The third kappa shape index (κ3) is 3.50. The van der Waals surface area contributed by atoms with Crippen molar-refractivity contribution in [2.24, 2.45) is 0 Å². The fraction of sp³-hybridized carbons (Fsp3) is 0.278. The fourth-order valence-corrected chi connectivity index (χ4v) is 2.54. The van der Waals surface area contributed by atoms with Gasteiger partial charge in [0.05, 0.1) is 13.2 Å². The van der Waals surface area contributed by atoms with Crippen LogP contribution < -0.4 is 4.74 Å². The van der Waals surface area contributed by atoms with Gasteiger partial charge in [-0.25, -0.2) is 0 Å². The summed E-state index contributed by atoms with van der Waals surface area (Å²) in [5.41, 5.74) is 2.99. The van der Waals surface area contributed by atoms with Crippen LogP contribution >= 0.6 is 0 Å². The third-order valence-electron chi connectivity index (χ3n) is 3.67. The van der Waals surface area contributed by atoms with Crippen LogP contribution in [-0.4, -0.2) is 19.0 Å². The van der Waals surface area contributed by atoms with Crippen LogP contribution in [0.15, 0.2) is 48.5 Å². The van der Waals surface area contributed by atoms with Crippen molar-refractivity contribution in [3.63, 3.8) is 0 Å². The van der Waals surface area contributed by atoms with E-state index in [4.69, 9.17) is 9.47 Å². The number of benzene rings is 2. The number of hydrogen-bond donors (Lipinski definition) is 0. The van der Waals surface area contributed by atoms with Crippen LogP contribution in [0.5, 0.6) is 5.75 Å². The van der Waals surface area contributed by atoms with E-state index in [2.05, 4.69) is 12.1 Å². The molecule has 0 bridgehead atoms. The number of fused-ring (bicyclic) bond motifs is 1. The van der Waals surface area contributed by atoms with Crippen LogP contribution in [-0.2, 0) is 17.8 Å². The van der Waals surface area contributed by atoms with Crippen molar-refractivity contribution in [2.75, 3.05) is 6.61 Å². The summed E-state index contributed by atoms with van der Waals surface area (Å²) in [6.45, 7) is 1.20. The average Bonchev–Trinajstić information content (AvgIpc) is 2.55. The Labute approximate surface area is 124 Å². The Hall–Kier alpha value is -2.13. The highest BCUT2D eigenvalue weighted by molar-refractivity contribution is 5.75. The molecule has 2 aromatic rings. The number of ether oxygens (including phenoxy) is 2. The largest absolute Gasteiger partial charge is 0.488 e. The molecule has 0 saturated heterocycles. The Morgan fingerprint density at radius 1 is 1.19 bits per heavy atom. The number of hydrogen-bond acceptors (Lipinski definition) is 3. The lowest BCUT2D eigenvalue weighted by atomic mass is 10.0. The summed E-state index contributed by atoms with van der Waals surface area (Å²) in [4.78, 5) is 10.8. The molecule has 1 aliphatic rings. The quantitative estimate of drug-likeness (QED) is 0.788. The molecular formula is C18H18O3. The maximum Gasteiger partial charge on any atom is 0.150 e. The van der Waals surface area contributed by atoms with Gasteiger partial charge in [-0.3, -0.25) is 4.79 Å². The average molecular weight is 282 g/mol. The Balaban J connectivity index is 1.53. The number of carbonyl (C=O) groups is 1. The molecule has 108 valence electrons. The lowest BCUT2D eigenvalue weighted by Gasteiger charge is -2.26. The molecule has 3 nitrogen and oxygen atoms in total. The Bertz CT molecular complexity index is 607. The molecule has 21 heavy (non-hydrogen) atoms. The highest BCUT2D eigenvalue weighted by Crippen LogP contribution is 2.28. The molecule has 2 aromatic carbocycles. The summed E-state index contributed by atoms with van der Waals surface area (Å²) < 4.78 is 11.7. The molecule has 3 rings (SSSR count). The van der Waals surface area contributed by atoms with Gasteiger partial charge in [0.25, 0.3) is 0 Å². The molecule has 0 spiro atoms. The standard InChI is InChI=1S/C18H18O3/c19-11-15-6-9-18-16(10-15)7-8-17(21-18)13-20-12-14-4-2-1-3-5-14/h1-6,9-11,17H,7-8,12-13H2.